The first kappa shape index (κ1) is 14.7. The molecule has 20 heavy (non-hydrogen) atoms. The Hall–Kier alpha value is -1.66. The average molecular weight is 283 g/mol. The van der Waals surface area contributed by atoms with E-state index in [4.69, 9.17) is 9.47 Å². The summed E-state index contributed by atoms with van der Waals surface area (Å²) in [6.45, 7) is 1.90. The summed E-state index contributed by atoms with van der Waals surface area (Å²) in [5.41, 5.74) is 0.566. The molecule has 0 aliphatic carbocycles. The van der Waals surface area contributed by atoms with Gasteiger partial charge in [0.15, 0.2) is 6.10 Å². The molecular weight excluding hydrogens is 265 g/mol. The van der Waals surface area contributed by atoms with Gasteiger partial charge in [-0.05, 0) is 6.07 Å². The monoisotopic (exact) mass is 283 g/mol. The van der Waals surface area contributed by atoms with Gasteiger partial charge in [-0.3, -0.25) is 4.90 Å². The second-order valence-corrected chi connectivity index (χ2v) is 4.58. The normalized spacial score (nSPS) is 19.6. The second-order valence-electron chi connectivity index (χ2n) is 4.58. The van der Waals surface area contributed by atoms with E-state index in [0.717, 1.165) is 0 Å². The molecule has 5 nitrogen and oxygen atoms in total. The van der Waals surface area contributed by atoms with Crippen molar-refractivity contribution in [2.24, 2.45) is 0 Å². The fraction of sp³-hybridized carbons (Fsp3) is 0.500. The van der Waals surface area contributed by atoms with E-state index in [1.165, 1.54) is 20.3 Å². The topological polar surface area (TPSA) is 48.0 Å². The van der Waals surface area contributed by atoms with Crippen molar-refractivity contribution >= 4 is 5.97 Å². The Bertz CT molecular complexity index is 480. The molecule has 6 heteroatoms. The maximum Gasteiger partial charge on any atom is 0.336 e. The van der Waals surface area contributed by atoms with E-state index in [1.807, 2.05) is 4.90 Å². The summed E-state index contributed by atoms with van der Waals surface area (Å²) in [5.74, 6) is -0.226. The number of carbonyl (C=O) groups is 1. The lowest BCUT2D eigenvalue weighted by atomic mass is 10.1. The maximum absolute atomic E-state index is 13.9. The number of nitrogens with zero attached hydrogens (tertiary/aromatic N) is 1. The molecule has 0 radical (unpaired) electrons. The molecule has 0 amide bonds. The molecule has 1 aliphatic heterocycles. The highest BCUT2D eigenvalue weighted by Crippen LogP contribution is 2.19. The molecule has 1 heterocycles. The molecule has 1 fully saturated rings. The minimum Gasteiger partial charge on any atom is -0.497 e. The van der Waals surface area contributed by atoms with Crippen molar-refractivity contribution in [1.29, 1.82) is 0 Å². The van der Waals surface area contributed by atoms with E-state index in [0.29, 0.717) is 37.6 Å². The molecule has 0 aromatic heterocycles. The van der Waals surface area contributed by atoms with Crippen LogP contribution in [0.15, 0.2) is 18.2 Å². The number of hydrogen-bond acceptors (Lipinski definition) is 5. The Balaban J connectivity index is 2.00. The van der Waals surface area contributed by atoms with Crippen LogP contribution in [-0.4, -0.2) is 50.9 Å². The number of ether oxygens (including phenoxy) is 3. The van der Waals surface area contributed by atoms with Gasteiger partial charge in [-0.2, -0.15) is 0 Å². The third-order valence-corrected chi connectivity index (χ3v) is 3.27. The van der Waals surface area contributed by atoms with E-state index >= 15 is 0 Å². The molecule has 1 atom stereocenters. The van der Waals surface area contributed by atoms with Gasteiger partial charge in [-0.15, -0.1) is 0 Å². The SMILES string of the molecule is COC(=O)C1CN(Cc2ccc(OC)cc2F)CCO1. The van der Waals surface area contributed by atoms with Crippen LogP contribution in [0, 0.1) is 5.82 Å². The second kappa shape index (κ2) is 6.67. The zero-order valence-electron chi connectivity index (χ0n) is 11.6. The highest BCUT2D eigenvalue weighted by molar-refractivity contribution is 5.74. The van der Waals surface area contributed by atoms with Crippen LogP contribution >= 0.6 is 0 Å². The third-order valence-electron chi connectivity index (χ3n) is 3.27. The molecule has 0 bridgehead atoms. The van der Waals surface area contributed by atoms with Gasteiger partial charge >= 0.3 is 5.97 Å². The average Bonchev–Trinajstić information content (AvgIpc) is 2.48. The van der Waals surface area contributed by atoms with Gasteiger partial charge in [-0.1, -0.05) is 6.07 Å². The van der Waals surface area contributed by atoms with E-state index in [9.17, 15) is 9.18 Å². The first-order chi connectivity index (χ1) is 9.63. The van der Waals surface area contributed by atoms with Gasteiger partial charge in [0.1, 0.15) is 11.6 Å². The lowest BCUT2D eigenvalue weighted by Gasteiger charge is -2.31. The fourth-order valence-electron chi connectivity index (χ4n) is 2.14. The van der Waals surface area contributed by atoms with Crippen molar-refractivity contribution in [3.63, 3.8) is 0 Å². The fourth-order valence-corrected chi connectivity index (χ4v) is 2.14. The number of methoxy groups -OCH3 is 2. The third kappa shape index (κ3) is 3.46. The predicted octanol–water partition coefficient (Wildman–Crippen LogP) is 1.21. The van der Waals surface area contributed by atoms with Crippen molar-refractivity contribution in [1.82, 2.24) is 4.90 Å². The smallest absolute Gasteiger partial charge is 0.336 e. The minimum absolute atomic E-state index is 0.314. The summed E-state index contributed by atoms with van der Waals surface area (Å²) in [4.78, 5) is 13.4. The zero-order valence-corrected chi connectivity index (χ0v) is 11.6. The maximum atomic E-state index is 13.9. The van der Waals surface area contributed by atoms with Gasteiger partial charge in [0.05, 0.1) is 20.8 Å². The first-order valence-corrected chi connectivity index (χ1v) is 6.38. The number of hydrogen-bond donors (Lipinski definition) is 0. The van der Waals surface area contributed by atoms with E-state index in [2.05, 4.69) is 4.74 Å². The molecule has 2 rings (SSSR count). The molecule has 0 N–H and O–H groups in total. The lowest BCUT2D eigenvalue weighted by molar-refractivity contribution is -0.160. The highest BCUT2D eigenvalue weighted by atomic mass is 19.1. The van der Waals surface area contributed by atoms with Crippen molar-refractivity contribution in [2.75, 3.05) is 33.9 Å². The van der Waals surface area contributed by atoms with Crippen LogP contribution in [0.5, 0.6) is 5.75 Å². The molecule has 110 valence electrons. The number of carbonyl (C=O) groups excluding carboxylic acids is 1. The van der Waals surface area contributed by atoms with Crippen molar-refractivity contribution in [3.05, 3.63) is 29.6 Å². The molecule has 1 aliphatic rings. The predicted molar refractivity (Wildman–Crippen MR) is 70.0 cm³/mol. The summed E-state index contributed by atoms with van der Waals surface area (Å²) < 4.78 is 28.8. The number of morpholine rings is 1. The van der Waals surface area contributed by atoms with Gasteiger partial charge in [-0.25, -0.2) is 9.18 Å². The van der Waals surface area contributed by atoms with Gasteiger partial charge in [0.2, 0.25) is 0 Å². The van der Waals surface area contributed by atoms with Crippen molar-refractivity contribution in [3.8, 4) is 5.75 Å². The van der Waals surface area contributed by atoms with Crippen LogP contribution in [-0.2, 0) is 20.8 Å². The molecule has 1 saturated heterocycles. The molecular formula is C14H18FNO4. The van der Waals surface area contributed by atoms with Crippen LogP contribution in [0.1, 0.15) is 5.56 Å². The van der Waals surface area contributed by atoms with Crippen molar-refractivity contribution in [2.45, 2.75) is 12.6 Å². The number of esters is 1. The van der Waals surface area contributed by atoms with E-state index < -0.39 is 12.1 Å². The highest BCUT2D eigenvalue weighted by Gasteiger charge is 2.27. The van der Waals surface area contributed by atoms with Crippen molar-refractivity contribution < 1.29 is 23.4 Å². The molecule has 1 aromatic carbocycles. The Morgan fingerprint density at radius 1 is 1.50 bits per heavy atom. The standard InChI is InChI=1S/C14H18FNO4/c1-18-11-4-3-10(12(15)7-11)8-16-5-6-20-13(9-16)14(17)19-2/h3-4,7,13H,5-6,8-9H2,1-2H3. The number of rotatable bonds is 4. The van der Waals surface area contributed by atoms with Gasteiger partial charge < -0.3 is 14.2 Å². The Morgan fingerprint density at radius 3 is 2.95 bits per heavy atom. The summed E-state index contributed by atoms with van der Waals surface area (Å²) in [7, 11) is 2.82. The first-order valence-electron chi connectivity index (χ1n) is 6.38. The summed E-state index contributed by atoms with van der Waals surface area (Å²) in [5, 5.41) is 0. The Kier molecular flexibility index (Phi) is 4.92. The van der Waals surface area contributed by atoms with Gasteiger partial charge in [0.25, 0.3) is 0 Å². The van der Waals surface area contributed by atoms with Crippen LogP contribution < -0.4 is 4.74 Å². The Morgan fingerprint density at radius 2 is 2.30 bits per heavy atom. The number of benzene rings is 1. The quantitative estimate of drug-likeness (QED) is 0.777. The Labute approximate surface area is 117 Å². The summed E-state index contributed by atoms with van der Waals surface area (Å²) in [6, 6.07) is 4.76. The zero-order chi connectivity index (χ0) is 14.5. The van der Waals surface area contributed by atoms with Crippen LogP contribution in [0.25, 0.3) is 0 Å². The van der Waals surface area contributed by atoms with E-state index in [-0.39, 0.29) is 5.82 Å². The minimum atomic E-state index is -0.602. The summed E-state index contributed by atoms with van der Waals surface area (Å²) in [6.07, 6.45) is -0.602. The van der Waals surface area contributed by atoms with E-state index in [1.54, 1.807) is 12.1 Å². The summed E-state index contributed by atoms with van der Waals surface area (Å²) >= 11 is 0. The lowest BCUT2D eigenvalue weighted by Crippen LogP contribution is -2.46. The van der Waals surface area contributed by atoms with Crippen LogP contribution in [0.3, 0.4) is 0 Å². The van der Waals surface area contributed by atoms with Crippen LogP contribution in [0.2, 0.25) is 0 Å². The molecule has 0 saturated carbocycles. The molecule has 1 unspecified atom stereocenters. The molecule has 0 spiro atoms. The molecule has 1 aromatic rings. The number of halogens is 1. The van der Waals surface area contributed by atoms with Crippen LogP contribution in [0.4, 0.5) is 4.39 Å². The largest absolute Gasteiger partial charge is 0.497 e. The van der Waals surface area contributed by atoms with Gasteiger partial charge in [0, 0.05) is 31.3 Å².